The van der Waals surface area contributed by atoms with E-state index in [9.17, 15) is 9.59 Å². The number of carboxylic acid groups (broad SMARTS) is 1. The topological polar surface area (TPSA) is 78.9 Å². The van der Waals surface area contributed by atoms with Gasteiger partial charge in [0.1, 0.15) is 5.75 Å². The summed E-state index contributed by atoms with van der Waals surface area (Å²) in [6, 6.07) is 14.0. The summed E-state index contributed by atoms with van der Waals surface area (Å²) in [5.41, 5.74) is 2.11. The molecule has 0 spiro atoms. The number of carbonyl (C=O) groups is 2. The molecule has 2 aromatic rings. The predicted molar refractivity (Wildman–Crippen MR) is 99.6 cm³/mol. The first-order valence-corrected chi connectivity index (χ1v) is 8.37. The van der Waals surface area contributed by atoms with Crippen LogP contribution in [0.3, 0.4) is 0 Å². The Morgan fingerprint density at radius 1 is 1.15 bits per heavy atom. The first-order chi connectivity index (χ1) is 12.4. The van der Waals surface area contributed by atoms with Crippen LogP contribution in [0.1, 0.15) is 28.4 Å². The number of hydrogen-bond donors (Lipinski definition) is 2. The van der Waals surface area contributed by atoms with E-state index >= 15 is 0 Å². The van der Waals surface area contributed by atoms with Crippen LogP contribution in [0.4, 0.5) is 4.79 Å². The van der Waals surface area contributed by atoms with Crippen LogP contribution in [0.25, 0.3) is 0 Å². The Morgan fingerprint density at radius 2 is 1.81 bits per heavy atom. The molecule has 0 heterocycles. The van der Waals surface area contributed by atoms with Crippen molar-refractivity contribution in [1.29, 1.82) is 0 Å². The molecule has 1 atom stereocenters. The van der Waals surface area contributed by atoms with Crippen LogP contribution in [0.5, 0.6) is 5.75 Å². The van der Waals surface area contributed by atoms with Crippen molar-refractivity contribution in [2.75, 3.05) is 14.2 Å². The van der Waals surface area contributed by atoms with E-state index < -0.39 is 5.97 Å². The van der Waals surface area contributed by atoms with Gasteiger partial charge in [0.05, 0.1) is 12.7 Å². The van der Waals surface area contributed by atoms with Crippen molar-refractivity contribution in [2.45, 2.75) is 25.9 Å². The van der Waals surface area contributed by atoms with Crippen LogP contribution in [-0.2, 0) is 13.0 Å². The lowest BCUT2D eigenvalue weighted by Crippen LogP contribution is -2.43. The fraction of sp³-hybridized carbons (Fsp3) is 0.300. The Balaban J connectivity index is 1.90. The molecule has 0 saturated heterocycles. The normalized spacial score (nSPS) is 11.5. The molecule has 0 aliphatic heterocycles. The lowest BCUT2D eigenvalue weighted by molar-refractivity contribution is 0.0697. The number of ether oxygens (including phenoxy) is 1. The average molecular weight is 356 g/mol. The number of hydrogen-bond acceptors (Lipinski definition) is 3. The summed E-state index contributed by atoms with van der Waals surface area (Å²) in [5.74, 6) is -0.155. The number of carbonyl (C=O) groups excluding carboxylic acids is 1. The number of amides is 2. The van der Waals surface area contributed by atoms with Crippen molar-refractivity contribution in [1.82, 2.24) is 10.2 Å². The van der Waals surface area contributed by atoms with Crippen molar-refractivity contribution in [3.63, 3.8) is 0 Å². The molecule has 0 aromatic heterocycles. The monoisotopic (exact) mass is 356 g/mol. The molecule has 0 fully saturated rings. The minimum Gasteiger partial charge on any atom is -0.496 e. The van der Waals surface area contributed by atoms with Gasteiger partial charge in [0, 0.05) is 19.6 Å². The zero-order valence-electron chi connectivity index (χ0n) is 15.2. The largest absolute Gasteiger partial charge is 0.496 e. The van der Waals surface area contributed by atoms with E-state index in [1.54, 1.807) is 31.2 Å². The van der Waals surface area contributed by atoms with Crippen molar-refractivity contribution < 1.29 is 19.4 Å². The van der Waals surface area contributed by atoms with Gasteiger partial charge < -0.3 is 20.1 Å². The van der Waals surface area contributed by atoms with Gasteiger partial charge in [-0.3, -0.25) is 0 Å². The minimum absolute atomic E-state index is 0.0133. The first-order valence-electron chi connectivity index (χ1n) is 8.37. The molecule has 6 heteroatoms. The van der Waals surface area contributed by atoms with E-state index in [-0.39, 0.29) is 17.6 Å². The van der Waals surface area contributed by atoms with Crippen LogP contribution in [0.15, 0.2) is 48.5 Å². The van der Waals surface area contributed by atoms with Crippen LogP contribution in [-0.4, -0.2) is 42.2 Å². The maximum Gasteiger partial charge on any atom is 0.335 e. The summed E-state index contributed by atoms with van der Waals surface area (Å²) in [4.78, 5) is 24.9. The SMILES string of the molecule is COc1ccccc1CC(C)N(C)C(=O)NCc1ccc(C(=O)O)cc1. The molecule has 0 aliphatic rings. The zero-order chi connectivity index (χ0) is 19.1. The summed E-state index contributed by atoms with van der Waals surface area (Å²) in [7, 11) is 3.39. The van der Waals surface area contributed by atoms with E-state index in [4.69, 9.17) is 9.84 Å². The number of benzene rings is 2. The molecule has 138 valence electrons. The molecule has 1 unspecified atom stereocenters. The Labute approximate surface area is 153 Å². The standard InChI is InChI=1S/C20H24N2O4/c1-14(12-17-6-4-5-7-18(17)26-3)22(2)20(25)21-13-15-8-10-16(11-9-15)19(23)24/h4-11,14H,12-13H2,1-3H3,(H,21,25)(H,23,24). The highest BCUT2D eigenvalue weighted by Crippen LogP contribution is 2.20. The number of aromatic carboxylic acids is 1. The lowest BCUT2D eigenvalue weighted by atomic mass is 10.1. The van der Waals surface area contributed by atoms with Gasteiger partial charge in [-0.15, -0.1) is 0 Å². The Morgan fingerprint density at radius 3 is 2.42 bits per heavy atom. The minimum atomic E-state index is -0.967. The lowest BCUT2D eigenvalue weighted by Gasteiger charge is -2.26. The summed E-state index contributed by atoms with van der Waals surface area (Å²) in [6.07, 6.45) is 0.682. The van der Waals surface area contributed by atoms with Gasteiger partial charge in [-0.1, -0.05) is 30.3 Å². The summed E-state index contributed by atoms with van der Waals surface area (Å²) in [5, 5.41) is 11.8. The van der Waals surface area contributed by atoms with Gasteiger partial charge in [0.25, 0.3) is 0 Å². The molecule has 2 amide bonds. The molecule has 26 heavy (non-hydrogen) atoms. The third-order valence-electron chi connectivity index (χ3n) is 4.33. The predicted octanol–water partition coefficient (Wildman–Crippen LogP) is 3.17. The molecule has 0 saturated carbocycles. The third kappa shape index (κ3) is 4.99. The number of nitrogens with one attached hydrogen (secondary N) is 1. The van der Waals surface area contributed by atoms with Gasteiger partial charge in [0.2, 0.25) is 0 Å². The van der Waals surface area contributed by atoms with Crippen molar-refractivity contribution in [3.05, 3.63) is 65.2 Å². The molecule has 0 aliphatic carbocycles. The van der Waals surface area contributed by atoms with E-state index in [1.807, 2.05) is 31.2 Å². The number of rotatable bonds is 7. The third-order valence-corrected chi connectivity index (χ3v) is 4.33. The second-order valence-corrected chi connectivity index (χ2v) is 6.14. The summed E-state index contributed by atoms with van der Waals surface area (Å²) < 4.78 is 5.36. The van der Waals surface area contributed by atoms with Crippen LogP contribution in [0.2, 0.25) is 0 Å². The highest BCUT2D eigenvalue weighted by atomic mass is 16.5. The van der Waals surface area contributed by atoms with Crippen LogP contribution < -0.4 is 10.1 Å². The van der Waals surface area contributed by atoms with Gasteiger partial charge in [-0.25, -0.2) is 9.59 Å². The molecule has 0 bridgehead atoms. The van der Waals surface area contributed by atoms with Gasteiger partial charge in [-0.05, 0) is 42.7 Å². The molecule has 0 radical (unpaired) electrons. The molecule has 6 nitrogen and oxygen atoms in total. The smallest absolute Gasteiger partial charge is 0.335 e. The zero-order valence-corrected chi connectivity index (χ0v) is 15.2. The van der Waals surface area contributed by atoms with E-state index in [2.05, 4.69) is 5.32 Å². The molecular weight excluding hydrogens is 332 g/mol. The van der Waals surface area contributed by atoms with Gasteiger partial charge in [-0.2, -0.15) is 0 Å². The second kappa shape index (κ2) is 8.89. The molecule has 2 aromatic carbocycles. The first kappa shape index (κ1) is 19.3. The number of carboxylic acids is 1. The fourth-order valence-corrected chi connectivity index (χ4v) is 2.59. The summed E-state index contributed by atoms with van der Waals surface area (Å²) >= 11 is 0. The van der Waals surface area contributed by atoms with Gasteiger partial charge in [0.15, 0.2) is 0 Å². The quantitative estimate of drug-likeness (QED) is 0.799. The number of para-hydroxylation sites is 1. The summed E-state index contributed by atoms with van der Waals surface area (Å²) in [6.45, 7) is 2.32. The number of methoxy groups -OCH3 is 1. The van der Waals surface area contributed by atoms with E-state index in [0.717, 1.165) is 16.9 Å². The van der Waals surface area contributed by atoms with E-state index in [0.29, 0.717) is 13.0 Å². The number of likely N-dealkylation sites (N-methyl/N-ethyl adjacent to an activating group) is 1. The van der Waals surface area contributed by atoms with Crippen LogP contribution in [0, 0.1) is 0 Å². The second-order valence-electron chi connectivity index (χ2n) is 6.14. The van der Waals surface area contributed by atoms with Crippen LogP contribution >= 0.6 is 0 Å². The Hall–Kier alpha value is -3.02. The van der Waals surface area contributed by atoms with Crippen molar-refractivity contribution in [3.8, 4) is 5.75 Å². The highest BCUT2D eigenvalue weighted by molar-refractivity contribution is 5.87. The number of nitrogens with zero attached hydrogens (tertiary/aromatic N) is 1. The maximum atomic E-state index is 12.4. The van der Waals surface area contributed by atoms with E-state index in [1.165, 1.54) is 12.1 Å². The highest BCUT2D eigenvalue weighted by Gasteiger charge is 2.17. The fourth-order valence-electron chi connectivity index (χ4n) is 2.59. The van der Waals surface area contributed by atoms with Gasteiger partial charge >= 0.3 is 12.0 Å². The number of urea groups is 1. The Kier molecular flexibility index (Phi) is 6.60. The maximum absolute atomic E-state index is 12.4. The average Bonchev–Trinajstić information content (AvgIpc) is 2.66. The Bertz CT molecular complexity index is 759. The molecule has 2 N–H and O–H groups in total. The molecule has 2 rings (SSSR count). The molecular formula is C20H24N2O4. The van der Waals surface area contributed by atoms with Crippen molar-refractivity contribution >= 4 is 12.0 Å². The van der Waals surface area contributed by atoms with Crippen molar-refractivity contribution in [2.24, 2.45) is 0 Å².